The van der Waals surface area contributed by atoms with Crippen molar-refractivity contribution in [1.29, 1.82) is 0 Å². The van der Waals surface area contributed by atoms with E-state index in [0.717, 1.165) is 18.5 Å². The molecule has 0 atom stereocenters. The van der Waals surface area contributed by atoms with Gasteiger partial charge in [-0.2, -0.15) is 0 Å². The fourth-order valence-electron chi connectivity index (χ4n) is 1.98. The molecule has 0 amide bonds. The van der Waals surface area contributed by atoms with Crippen LogP contribution in [0.5, 0.6) is 5.88 Å². The maximum atomic E-state index is 8.78. The maximum absolute atomic E-state index is 8.78. The first-order chi connectivity index (χ1) is 10.2. The van der Waals surface area contributed by atoms with E-state index in [1.54, 1.807) is 12.1 Å². The van der Waals surface area contributed by atoms with Crippen LogP contribution in [0.15, 0.2) is 47.6 Å². The van der Waals surface area contributed by atoms with Crippen LogP contribution in [0.3, 0.4) is 0 Å². The number of amidine groups is 1. The number of benzene rings is 1. The van der Waals surface area contributed by atoms with E-state index in [4.69, 9.17) is 15.7 Å². The third-order valence-corrected chi connectivity index (χ3v) is 3.07. The second kappa shape index (κ2) is 7.28. The second-order valence-corrected chi connectivity index (χ2v) is 4.73. The quantitative estimate of drug-likeness (QED) is 0.281. The predicted molar refractivity (Wildman–Crippen MR) is 81.7 cm³/mol. The minimum absolute atomic E-state index is 0.000518. The van der Waals surface area contributed by atoms with Crippen LogP contribution < -0.4 is 10.5 Å². The van der Waals surface area contributed by atoms with Crippen LogP contribution in [0.1, 0.15) is 23.2 Å². The number of nitrogens with zero attached hydrogens (tertiary/aromatic N) is 2. The molecule has 0 saturated carbocycles. The summed E-state index contributed by atoms with van der Waals surface area (Å²) in [5, 5.41) is 11.8. The van der Waals surface area contributed by atoms with Crippen molar-refractivity contribution in [1.82, 2.24) is 4.98 Å². The van der Waals surface area contributed by atoms with Gasteiger partial charge in [-0.25, -0.2) is 4.98 Å². The number of ether oxygens (including phenoxy) is 1. The zero-order valence-electron chi connectivity index (χ0n) is 12.0. The summed E-state index contributed by atoms with van der Waals surface area (Å²) in [5.41, 5.74) is 8.22. The van der Waals surface area contributed by atoms with Gasteiger partial charge in [0.2, 0.25) is 5.88 Å². The molecule has 0 aliphatic heterocycles. The van der Waals surface area contributed by atoms with Crippen molar-refractivity contribution in [3.8, 4) is 5.88 Å². The van der Waals surface area contributed by atoms with E-state index in [0.29, 0.717) is 18.1 Å². The second-order valence-electron chi connectivity index (χ2n) is 4.73. The minimum atomic E-state index is 0.000518. The molecule has 0 aliphatic rings. The lowest BCUT2D eigenvalue weighted by Crippen LogP contribution is -2.16. The van der Waals surface area contributed by atoms with E-state index >= 15 is 0 Å². The number of pyridine rings is 1. The van der Waals surface area contributed by atoms with Gasteiger partial charge in [-0.05, 0) is 37.5 Å². The summed E-state index contributed by atoms with van der Waals surface area (Å²) in [6, 6.07) is 13.8. The van der Waals surface area contributed by atoms with Crippen molar-refractivity contribution in [3.63, 3.8) is 0 Å². The Morgan fingerprint density at radius 1 is 1.24 bits per heavy atom. The third-order valence-electron chi connectivity index (χ3n) is 3.07. The number of nitrogens with two attached hydrogens (primary N) is 1. The first kappa shape index (κ1) is 14.8. The first-order valence-corrected chi connectivity index (χ1v) is 6.83. The predicted octanol–water partition coefficient (Wildman–Crippen LogP) is 2.50. The van der Waals surface area contributed by atoms with Gasteiger partial charge in [0, 0.05) is 5.69 Å². The molecular formula is C16H19N3O2. The Morgan fingerprint density at radius 3 is 2.71 bits per heavy atom. The first-order valence-electron chi connectivity index (χ1n) is 6.83. The van der Waals surface area contributed by atoms with E-state index < -0.39 is 0 Å². The Kier molecular flexibility index (Phi) is 5.15. The van der Waals surface area contributed by atoms with Crippen LogP contribution in [0, 0.1) is 6.92 Å². The molecule has 3 N–H and O–H groups in total. The molecule has 0 spiro atoms. The van der Waals surface area contributed by atoms with Crippen molar-refractivity contribution in [3.05, 3.63) is 59.3 Å². The molecule has 1 aromatic carbocycles. The lowest BCUT2D eigenvalue weighted by Gasteiger charge is -2.10. The molecule has 2 rings (SSSR count). The Labute approximate surface area is 124 Å². The average Bonchev–Trinajstić information content (AvgIpc) is 2.52. The molecular weight excluding hydrogens is 266 g/mol. The highest BCUT2D eigenvalue weighted by Crippen LogP contribution is 2.16. The molecule has 0 aliphatic carbocycles. The fraction of sp³-hybridized carbons (Fsp3) is 0.250. The smallest absolute Gasteiger partial charge is 0.224 e. The van der Waals surface area contributed by atoms with Gasteiger partial charge in [-0.1, -0.05) is 35.5 Å². The fourth-order valence-corrected chi connectivity index (χ4v) is 1.98. The molecule has 0 radical (unpaired) electrons. The number of aryl methyl sites for hydroxylation is 2. The summed E-state index contributed by atoms with van der Waals surface area (Å²) in [6.45, 7) is 2.39. The molecule has 1 heterocycles. The van der Waals surface area contributed by atoms with E-state index in [1.165, 1.54) is 5.56 Å². The van der Waals surface area contributed by atoms with Crippen molar-refractivity contribution in [2.45, 2.75) is 19.8 Å². The maximum Gasteiger partial charge on any atom is 0.224 e. The Bertz CT molecular complexity index is 612. The SMILES string of the molecule is Cc1ccc(C(N)=NO)c(OCCCc2ccccc2)n1. The van der Waals surface area contributed by atoms with Gasteiger partial charge in [-0.3, -0.25) is 0 Å². The zero-order valence-corrected chi connectivity index (χ0v) is 12.0. The summed E-state index contributed by atoms with van der Waals surface area (Å²) >= 11 is 0. The van der Waals surface area contributed by atoms with E-state index in [2.05, 4.69) is 22.3 Å². The number of hydrogen-bond donors (Lipinski definition) is 2. The van der Waals surface area contributed by atoms with Crippen molar-refractivity contribution in [2.75, 3.05) is 6.61 Å². The summed E-state index contributed by atoms with van der Waals surface area (Å²) in [7, 11) is 0. The Hall–Kier alpha value is -2.56. The van der Waals surface area contributed by atoms with Crippen LogP contribution in [0.4, 0.5) is 0 Å². The van der Waals surface area contributed by atoms with Crippen LogP contribution in [0.2, 0.25) is 0 Å². The average molecular weight is 285 g/mol. The number of hydrogen-bond acceptors (Lipinski definition) is 4. The largest absolute Gasteiger partial charge is 0.477 e. The normalized spacial score (nSPS) is 11.4. The van der Waals surface area contributed by atoms with Gasteiger partial charge in [0.15, 0.2) is 5.84 Å². The van der Waals surface area contributed by atoms with Crippen LogP contribution >= 0.6 is 0 Å². The summed E-state index contributed by atoms with van der Waals surface area (Å²) in [4.78, 5) is 4.29. The van der Waals surface area contributed by atoms with Crippen LogP contribution in [-0.2, 0) is 6.42 Å². The third kappa shape index (κ3) is 4.21. The van der Waals surface area contributed by atoms with Crippen molar-refractivity contribution in [2.24, 2.45) is 10.9 Å². The molecule has 110 valence electrons. The zero-order chi connectivity index (χ0) is 15.1. The van der Waals surface area contributed by atoms with E-state index in [9.17, 15) is 0 Å². The minimum Gasteiger partial charge on any atom is -0.477 e. The Balaban J connectivity index is 1.95. The number of aromatic nitrogens is 1. The van der Waals surface area contributed by atoms with Gasteiger partial charge < -0.3 is 15.7 Å². The summed E-state index contributed by atoms with van der Waals surface area (Å²) in [5.74, 6) is 0.402. The highest BCUT2D eigenvalue weighted by Gasteiger charge is 2.10. The van der Waals surface area contributed by atoms with Gasteiger partial charge in [-0.15, -0.1) is 0 Å². The van der Waals surface area contributed by atoms with Crippen LogP contribution in [-0.4, -0.2) is 22.6 Å². The molecule has 0 bridgehead atoms. The lowest BCUT2D eigenvalue weighted by atomic mass is 10.1. The van der Waals surface area contributed by atoms with Gasteiger partial charge in [0.1, 0.15) is 0 Å². The molecule has 0 unspecified atom stereocenters. The Morgan fingerprint density at radius 2 is 2.00 bits per heavy atom. The van der Waals surface area contributed by atoms with Crippen molar-refractivity contribution >= 4 is 5.84 Å². The molecule has 0 saturated heterocycles. The van der Waals surface area contributed by atoms with Crippen molar-refractivity contribution < 1.29 is 9.94 Å². The summed E-state index contributed by atoms with van der Waals surface area (Å²) < 4.78 is 5.68. The highest BCUT2D eigenvalue weighted by atomic mass is 16.5. The standard InChI is InChI=1S/C16H19N3O2/c1-12-9-10-14(15(17)19-20)16(18-12)21-11-5-8-13-6-3-2-4-7-13/h2-4,6-7,9-10,20H,5,8,11H2,1H3,(H2,17,19). The number of oxime groups is 1. The molecule has 0 fully saturated rings. The van der Waals surface area contributed by atoms with E-state index in [-0.39, 0.29) is 5.84 Å². The summed E-state index contributed by atoms with van der Waals surface area (Å²) in [6.07, 6.45) is 1.81. The molecule has 21 heavy (non-hydrogen) atoms. The highest BCUT2D eigenvalue weighted by molar-refractivity contribution is 5.99. The molecule has 1 aromatic heterocycles. The van der Waals surface area contributed by atoms with Gasteiger partial charge in [0.25, 0.3) is 0 Å². The molecule has 5 nitrogen and oxygen atoms in total. The lowest BCUT2D eigenvalue weighted by molar-refractivity contribution is 0.296. The molecule has 2 aromatic rings. The molecule has 5 heteroatoms. The number of rotatable bonds is 6. The van der Waals surface area contributed by atoms with Crippen LogP contribution in [0.25, 0.3) is 0 Å². The van der Waals surface area contributed by atoms with Gasteiger partial charge >= 0.3 is 0 Å². The monoisotopic (exact) mass is 285 g/mol. The topological polar surface area (TPSA) is 80.7 Å². The van der Waals surface area contributed by atoms with Gasteiger partial charge in [0.05, 0.1) is 12.2 Å². The van der Waals surface area contributed by atoms with E-state index in [1.807, 2.05) is 25.1 Å².